The fourth-order valence-electron chi connectivity index (χ4n) is 4.39. The first-order valence-electron chi connectivity index (χ1n) is 9.28. The Labute approximate surface area is 157 Å². The average molecular weight is 382 g/mol. The first-order chi connectivity index (χ1) is 12.6. The van der Waals surface area contributed by atoms with Gasteiger partial charge in [0.1, 0.15) is 11.9 Å². The van der Waals surface area contributed by atoms with E-state index in [4.69, 9.17) is 11.6 Å². The molecule has 1 aromatic carbocycles. The number of amides is 1. The Morgan fingerprint density at radius 3 is 2.62 bits per heavy atom. The van der Waals surface area contributed by atoms with Crippen molar-refractivity contribution < 1.29 is 9.18 Å². The van der Waals surface area contributed by atoms with Gasteiger partial charge in [-0.2, -0.15) is 0 Å². The number of carbonyl (C=O) groups excluding carboxylic acids is 1. The van der Waals surface area contributed by atoms with E-state index in [-0.39, 0.29) is 35.1 Å². The second kappa shape index (κ2) is 7.78. The van der Waals surface area contributed by atoms with Crippen molar-refractivity contribution in [1.82, 2.24) is 26.6 Å². The molecule has 0 radical (unpaired) electrons. The molecular weight excluding hydrogens is 357 g/mol. The lowest BCUT2D eigenvalue weighted by Crippen LogP contribution is -2.52. The van der Waals surface area contributed by atoms with Gasteiger partial charge in [0.05, 0.1) is 5.38 Å². The van der Waals surface area contributed by atoms with Crippen LogP contribution in [0.5, 0.6) is 0 Å². The number of benzene rings is 1. The van der Waals surface area contributed by atoms with Crippen molar-refractivity contribution in [3.63, 3.8) is 0 Å². The van der Waals surface area contributed by atoms with Crippen molar-refractivity contribution in [2.75, 3.05) is 26.2 Å². The molecule has 4 unspecified atom stereocenters. The number of hydrazine groups is 2. The molecule has 26 heavy (non-hydrogen) atoms. The van der Waals surface area contributed by atoms with Crippen LogP contribution in [0.1, 0.15) is 24.3 Å². The van der Waals surface area contributed by atoms with Crippen LogP contribution in [-0.2, 0) is 4.79 Å². The van der Waals surface area contributed by atoms with E-state index in [0.29, 0.717) is 12.5 Å². The number of piperidine rings is 1. The summed E-state index contributed by atoms with van der Waals surface area (Å²) in [6, 6.07) is 6.78. The van der Waals surface area contributed by atoms with E-state index in [9.17, 15) is 9.18 Å². The van der Waals surface area contributed by atoms with Crippen LogP contribution in [0.15, 0.2) is 24.3 Å². The highest BCUT2D eigenvalue weighted by molar-refractivity contribution is 6.23. The molecule has 0 aliphatic carbocycles. The summed E-state index contributed by atoms with van der Waals surface area (Å²) in [5, 5.41) is -0.210. The Kier molecular flexibility index (Phi) is 5.42. The molecule has 4 atom stereocenters. The third-order valence-corrected chi connectivity index (χ3v) is 6.25. The predicted octanol–water partition coefficient (Wildman–Crippen LogP) is 0.708. The maximum Gasteiger partial charge on any atom is 0.242 e. The highest BCUT2D eigenvalue weighted by atomic mass is 35.5. The van der Waals surface area contributed by atoms with E-state index in [1.54, 1.807) is 12.1 Å². The van der Waals surface area contributed by atoms with Crippen molar-refractivity contribution in [2.24, 2.45) is 5.92 Å². The maximum absolute atomic E-state index is 13.6. The van der Waals surface area contributed by atoms with Gasteiger partial charge in [-0.25, -0.2) is 9.82 Å². The molecule has 8 heteroatoms. The minimum atomic E-state index is -0.348. The standard InChI is InChI=1S/C18H25ClFN5O/c19-15-10-22-24-17(15)18(26)25-6-4-11(5-7-25)16-14(9-21-23-16)12-2-1-3-13(20)8-12/h1-3,8,11,14-17,21-24H,4-7,9-10H2. The van der Waals surface area contributed by atoms with Crippen LogP contribution in [0.2, 0.25) is 0 Å². The Bertz CT molecular complexity index is 654. The van der Waals surface area contributed by atoms with E-state index in [2.05, 4.69) is 21.7 Å². The summed E-state index contributed by atoms with van der Waals surface area (Å²) in [5.74, 6) is 0.573. The monoisotopic (exact) mass is 381 g/mol. The third-order valence-electron chi connectivity index (χ3n) is 5.84. The second-order valence-corrected chi connectivity index (χ2v) is 7.95. The van der Waals surface area contributed by atoms with Gasteiger partial charge >= 0.3 is 0 Å². The normalized spacial score (nSPS) is 32.9. The summed E-state index contributed by atoms with van der Waals surface area (Å²) in [6.07, 6.45) is 1.87. The highest BCUT2D eigenvalue weighted by Gasteiger charge is 2.39. The van der Waals surface area contributed by atoms with Crippen LogP contribution in [0, 0.1) is 11.7 Å². The number of halogens is 2. The number of nitrogens with one attached hydrogen (secondary N) is 4. The number of hydrogen-bond acceptors (Lipinski definition) is 5. The molecule has 3 aliphatic heterocycles. The van der Waals surface area contributed by atoms with Crippen molar-refractivity contribution in [3.8, 4) is 0 Å². The van der Waals surface area contributed by atoms with E-state index in [1.807, 2.05) is 11.0 Å². The summed E-state index contributed by atoms with van der Waals surface area (Å²) >= 11 is 6.20. The Hall–Kier alpha value is -1.25. The smallest absolute Gasteiger partial charge is 0.242 e. The molecule has 4 N–H and O–H groups in total. The molecule has 3 aliphatic rings. The van der Waals surface area contributed by atoms with Gasteiger partial charge in [0.2, 0.25) is 5.91 Å². The number of likely N-dealkylation sites (tertiary alicyclic amines) is 1. The van der Waals surface area contributed by atoms with E-state index in [0.717, 1.165) is 38.0 Å². The van der Waals surface area contributed by atoms with Crippen LogP contribution >= 0.6 is 11.6 Å². The minimum Gasteiger partial charge on any atom is -0.341 e. The predicted molar refractivity (Wildman–Crippen MR) is 97.9 cm³/mol. The van der Waals surface area contributed by atoms with E-state index >= 15 is 0 Å². The molecule has 0 aromatic heterocycles. The number of rotatable bonds is 3. The molecule has 3 saturated heterocycles. The van der Waals surface area contributed by atoms with Gasteiger partial charge in [0.15, 0.2) is 0 Å². The maximum atomic E-state index is 13.6. The highest BCUT2D eigenvalue weighted by Crippen LogP contribution is 2.32. The quantitative estimate of drug-likeness (QED) is 0.581. The Morgan fingerprint density at radius 1 is 1.15 bits per heavy atom. The minimum absolute atomic E-state index is 0.0765. The first-order valence-corrected chi connectivity index (χ1v) is 9.72. The molecule has 3 fully saturated rings. The van der Waals surface area contributed by atoms with Crippen molar-refractivity contribution in [1.29, 1.82) is 0 Å². The number of alkyl halides is 1. The molecular formula is C18H25ClFN5O. The summed E-state index contributed by atoms with van der Waals surface area (Å²) in [7, 11) is 0. The number of hydrogen-bond donors (Lipinski definition) is 4. The second-order valence-electron chi connectivity index (χ2n) is 7.39. The zero-order chi connectivity index (χ0) is 18.1. The van der Waals surface area contributed by atoms with Gasteiger partial charge in [-0.05, 0) is 36.5 Å². The number of carbonyl (C=O) groups is 1. The van der Waals surface area contributed by atoms with Gasteiger partial charge < -0.3 is 4.90 Å². The molecule has 0 bridgehead atoms. The van der Waals surface area contributed by atoms with Crippen molar-refractivity contribution >= 4 is 17.5 Å². The molecule has 4 rings (SSSR count). The molecule has 0 spiro atoms. The molecule has 0 saturated carbocycles. The summed E-state index contributed by atoms with van der Waals surface area (Å²) in [5.41, 5.74) is 13.6. The fourth-order valence-corrected chi connectivity index (χ4v) is 4.64. The molecule has 6 nitrogen and oxygen atoms in total. The van der Waals surface area contributed by atoms with Gasteiger partial charge in [-0.1, -0.05) is 12.1 Å². The zero-order valence-electron chi connectivity index (χ0n) is 14.6. The largest absolute Gasteiger partial charge is 0.341 e. The Morgan fingerprint density at radius 2 is 1.92 bits per heavy atom. The van der Waals surface area contributed by atoms with E-state index < -0.39 is 0 Å². The van der Waals surface area contributed by atoms with Gasteiger partial charge in [-0.3, -0.25) is 21.1 Å². The average Bonchev–Trinajstić information content (AvgIpc) is 3.30. The summed E-state index contributed by atoms with van der Waals surface area (Å²) in [4.78, 5) is 14.5. The van der Waals surface area contributed by atoms with Gasteiger partial charge in [-0.15, -0.1) is 11.6 Å². The van der Waals surface area contributed by atoms with Gasteiger partial charge in [0.25, 0.3) is 0 Å². The fraction of sp³-hybridized carbons (Fsp3) is 0.611. The summed E-state index contributed by atoms with van der Waals surface area (Å²) < 4.78 is 13.6. The number of nitrogens with zero attached hydrogens (tertiary/aromatic N) is 1. The van der Waals surface area contributed by atoms with Crippen molar-refractivity contribution in [2.45, 2.75) is 36.2 Å². The lowest BCUT2D eigenvalue weighted by molar-refractivity contribution is -0.134. The molecule has 1 aromatic rings. The molecule has 3 heterocycles. The topological polar surface area (TPSA) is 68.4 Å². The SMILES string of the molecule is O=C(C1NNCC1Cl)N1CCC(C2NNCC2c2cccc(F)c2)CC1. The first kappa shape index (κ1) is 18.1. The van der Waals surface area contributed by atoms with Crippen LogP contribution in [0.25, 0.3) is 0 Å². The summed E-state index contributed by atoms with van der Waals surface area (Å²) in [6.45, 7) is 2.86. The van der Waals surface area contributed by atoms with Crippen LogP contribution < -0.4 is 21.7 Å². The third kappa shape index (κ3) is 3.59. The van der Waals surface area contributed by atoms with E-state index in [1.165, 1.54) is 6.07 Å². The van der Waals surface area contributed by atoms with Crippen LogP contribution in [-0.4, -0.2) is 54.4 Å². The van der Waals surface area contributed by atoms with Crippen molar-refractivity contribution in [3.05, 3.63) is 35.6 Å². The lowest BCUT2D eigenvalue weighted by atomic mass is 9.80. The lowest BCUT2D eigenvalue weighted by Gasteiger charge is -2.37. The Balaban J connectivity index is 1.37. The molecule has 142 valence electrons. The zero-order valence-corrected chi connectivity index (χ0v) is 15.3. The van der Waals surface area contributed by atoms with Crippen LogP contribution in [0.3, 0.4) is 0 Å². The van der Waals surface area contributed by atoms with Crippen LogP contribution in [0.4, 0.5) is 4.39 Å². The molecule has 1 amide bonds. The van der Waals surface area contributed by atoms with Gasteiger partial charge in [0, 0.05) is 38.1 Å².